The van der Waals surface area contributed by atoms with Crippen LogP contribution in [0.1, 0.15) is 0 Å². The summed E-state index contributed by atoms with van der Waals surface area (Å²) in [6, 6.07) is 1.72. The van der Waals surface area contributed by atoms with Crippen molar-refractivity contribution in [2.75, 3.05) is 24.7 Å². The van der Waals surface area contributed by atoms with Gasteiger partial charge in [0.25, 0.3) is 0 Å². The normalized spacial score (nSPS) is 9.40. The van der Waals surface area contributed by atoms with Crippen molar-refractivity contribution < 1.29 is 0 Å². The molecule has 0 spiro atoms. The average molecular weight is 138 g/mol. The molecule has 0 aromatic carbocycles. The lowest BCUT2D eigenvalue weighted by Crippen LogP contribution is -2.13. The summed E-state index contributed by atoms with van der Waals surface area (Å²) in [4.78, 5) is 1.82. The number of rotatable bonds is 1. The summed E-state index contributed by atoms with van der Waals surface area (Å²) in [6.07, 6.45) is 1.57. The Morgan fingerprint density at radius 2 is 2.20 bits per heavy atom. The van der Waals surface area contributed by atoms with Gasteiger partial charge in [-0.3, -0.25) is 0 Å². The maximum atomic E-state index is 5.58. The van der Waals surface area contributed by atoms with E-state index in [-0.39, 0.29) is 0 Å². The third kappa shape index (κ3) is 1.15. The number of aromatic nitrogens is 2. The van der Waals surface area contributed by atoms with Crippen LogP contribution in [0.3, 0.4) is 0 Å². The lowest BCUT2D eigenvalue weighted by atomic mass is 10.4. The zero-order valence-corrected chi connectivity index (χ0v) is 6.07. The first kappa shape index (κ1) is 6.80. The highest BCUT2D eigenvalue weighted by atomic mass is 15.2. The zero-order chi connectivity index (χ0) is 7.56. The van der Waals surface area contributed by atoms with E-state index in [4.69, 9.17) is 5.73 Å². The van der Waals surface area contributed by atoms with E-state index >= 15 is 0 Å². The Balaban J connectivity index is 3.03. The highest BCUT2D eigenvalue weighted by molar-refractivity contribution is 5.60. The molecular formula is C6H10N4. The monoisotopic (exact) mass is 138 g/mol. The SMILES string of the molecule is CN(C)c1nnccc1N. The Kier molecular flexibility index (Phi) is 1.71. The van der Waals surface area contributed by atoms with Crippen molar-refractivity contribution in [3.05, 3.63) is 12.3 Å². The van der Waals surface area contributed by atoms with Crippen LogP contribution in [0.2, 0.25) is 0 Å². The van der Waals surface area contributed by atoms with Crippen LogP contribution in [-0.4, -0.2) is 24.3 Å². The average Bonchev–Trinajstić information content (AvgIpc) is 1.88. The van der Waals surface area contributed by atoms with Gasteiger partial charge in [-0.25, -0.2) is 0 Å². The van der Waals surface area contributed by atoms with Crippen LogP contribution in [0.5, 0.6) is 0 Å². The van der Waals surface area contributed by atoms with Gasteiger partial charge in [-0.05, 0) is 6.07 Å². The molecule has 4 heteroatoms. The molecule has 0 aliphatic heterocycles. The molecule has 0 bridgehead atoms. The highest BCUT2D eigenvalue weighted by Crippen LogP contribution is 2.13. The van der Waals surface area contributed by atoms with Gasteiger partial charge in [0.2, 0.25) is 0 Å². The zero-order valence-electron chi connectivity index (χ0n) is 6.07. The molecule has 0 amide bonds. The third-order valence-corrected chi connectivity index (χ3v) is 1.16. The van der Waals surface area contributed by atoms with Gasteiger partial charge in [0.15, 0.2) is 5.82 Å². The Hall–Kier alpha value is -1.32. The Bertz CT molecular complexity index is 221. The fourth-order valence-corrected chi connectivity index (χ4v) is 0.682. The first-order chi connectivity index (χ1) is 4.72. The minimum Gasteiger partial charge on any atom is -0.396 e. The number of nitrogens with zero attached hydrogens (tertiary/aromatic N) is 3. The van der Waals surface area contributed by atoms with E-state index in [1.807, 2.05) is 19.0 Å². The molecule has 0 fully saturated rings. The van der Waals surface area contributed by atoms with Crippen molar-refractivity contribution in [3.63, 3.8) is 0 Å². The topological polar surface area (TPSA) is 55.0 Å². The first-order valence-electron chi connectivity index (χ1n) is 2.96. The maximum Gasteiger partial charge on any atom is 0.173 e. The quantitative estimate of drug-likeness (QED) is 0.599. The van der Waals surface area contributed by atoms with Gasteiger partial charge >= 0.3 is 0 Å². The molecule has 0 aliphatic rings. The second-order valence-corrected chi connectivity index (χ2v) is 2.20. The summed E-state index contributed by atoms with van der Waals surface area (Å²) in [7, 11) is 3.75. The van der Waals surface area contributed by atoms with Gasteiger partial charge in [-0.15, -0.1) is 5.10 Å². The molecule has 0 atom stereocenters. The molecular weight excluding hydrogens is 128 g/mol. The van der Waals surface area contributed by atoms with Crippen molar-refractivity contribution in [2.24, 2.45) is 0 Å². The Labute approximate surface area is 59.7 Å². The predicted molar refractivity (Wildman–Crippen MR) is 40.8 cm³/mol. The van der Waals surface area contributed by atoms with Gasteiger partial charge < -0.3 is 10.6 Å². The molecule has 1 aromatic rings. The molecule has 54 valence electrons. The van der Waals surface area contributed by atoms with Crippen molar-refractivity contribution in [3.8, 4) is 0 Å². The molecule has 1 rings (SSSR count). The van der Waals surface area contributed by atoms with Crippen LogP contribution in [-0.2, 0) is 0 Å². The van der Waals surface area contributed by atoms with Crippen molar-refractivity contribution in [2.45, 2.75) is 0 Å². The smallest absolute Gasteiger partial charge is 0.173 e. The minimum absolute atomic E-state index is 0.653. The second-order valence-electron chi connectivity index (χ2n) is 2.20. The van der Waals surface area contributed by atoms with Crippen LogP contribution >= 0.6 is 0 Å². The molecule has 4 nitrogen and oxygen atoms in total. The first-order valence-corrected chi connectivity index (χ1v) is 2.96. The summed E-state index contributed by atoms with van der Waals surface area (Å²) >= 11 is 0. The fraction of sp³-hybridized carbons (Fsp3) is 0.333. The standard InChI is InChI=1S/C6H10N4/c1-10(2)6-5(7)3-4-8-9-6/h3-4H,1-2H3,(H2,7,8). The number of anilines is 2. The molecule has 0 saturated heterocycles. The molecule has 1 aromatic heterocycles. The summed E-state index contributed by atoms with van der Waals surface area (Å²) < 4.78 is 0. The molecule has 0 saturated carbocycles. The van der Waals surface area contributed by atoms with Gasteiger partial charge in [0.1, 0.15) is 0 Å². The van der Waals surface area contributed by atoms with Crippen LogP contribution < -0.4 is 10.6 Å². The number of nitrogen functional groups attached to an aromatic ring is 1. The van der Waals surface area contributed by atoms with Crippen LogP contribution in [0, 0.1) is 0 Å². The van der Waals surface area contributed by atoms with E-state index in [1.54, 1.807) is 12.3 Å². The molecule has 0 aliphatic carbocycles. The van der Waals surface area contributed by atoms with E-state index in [2.05, 4.69) is 10.2 Å². The number of nitrogens with two attached hydrogens (primary N) is 1. The largest absolute Gasteiger partial charge is 0.396 e. The fourth-order valence-electron chi connectivity index (χ4n) is 0.682. The van der Waals surface area contributed by atoms with Crippen molar-refractivity contribution >= 4 is 11.5 Å². The molecule has 2 N–H and O–H groups in total. The van der Waals surface area contributed by atoms with E-state index in [0.29, 0.717) is 11.5 Å². The lowest BCUT2D eigenvalue weighted by Gasteiger charge is -2.11. The lowest BCUT2D eigenvalue weighted by molar-refractivity contribution is 0.968. The minimum atomic E-state index is 0.653. The maximum absolute atomic E-state index is 5.58. The molecule has 10 heavy (non-hydrogen) atoms. The summed E-state index contributed by atoms with van der Waals surface area (Å²) in [5.74, 6) is 0.711. The van der Waals surface area contributed by atoms with E-state index < -0.39 is 0 Å². The third-order valence-electron chi connectivity index (χ3n) is 1.16. The Morgan fingerprint density at radius 3 is 2.60 bits per heavy atom. The molecule has 0 radical (unpaired) electrons. The molecule has 1 heterocycles. The van der Waals surface area contributed by atoms with Gasteiger partial charge in [0, 0.05) is 14.1 Å². The Morgan fingerprint density at radius 1 is 1.50 bits per heavy atom. The van der Waals surface area contributed by atoms with E-state index in [0.717, 1.165) is 0 Å². The summed E-state index contributed by atoms with van der Waals surface area (Å²) in [5.41, 5.74) is 6.23. The van der Waals surface area contributed by atoms with Crippen molar-refractivity contribution in [1.82, 2.24) is 10.2 Å². The van der Waals surface area contributed by atoms with Gasteiger partial charge in [0.05, 0.1) is 11.9 Å². The summed E-state index contributed by atoms with van der Waals surface area (Å²) in [6.45, 7) is 0. The second kappa shape index (κ2) is 2.51. The van der Waals surface area contributed by atoms with Crippen LogP contribution in [0.4, 0.5) is 11.5 Å². The van der Waals surface area contributed by atoms with E-state index in [1.165, 1.54) is 0 Å². The van der Waals surface area contributed by atoms with Gasteiger partial charge in [-0.2, -0.15) is 5.10 Å². The predicted octanol–water partition coefficient (Wildman–Crippen LogP) is 0.125. The van der Waals surface area contributed by atoms with E-state index in [9.17, 15) is 0 Å². The number of hydrogen-bond acceptors (Lipinski definition) is 4. The molecule has 0 unspecified atom stereocenters. The highest BCUT2D eigenvalue weighted by Gasteiger charge is 1.99. The van der Waals surface area contributed by atoms with Gasteiger partial charge in [-0.1, -0.05) is 0 Å². The summed E-state index contributed by atoms with van der Waals surface area (Å²) in [5, 5.41) is 7.52. The van der Waals surface area contributed by atoms with Crippen molar-refractivity contribution in [1.29, 1.82) is 0 Å². The van der Waals surface area contributed by atoms with Crippen LogP contribution in [0.25, 0.3) is 0 Å². The number of hydrogen-bond donors (Lipinski definition) is 1. The van der Waals surface area contributed by atoms with Crippen LogP contribution in [0.15, 0.2) is 12.3 Å².